The molecule has 90 valence electrons. The zero-order chi connectivity index (χ0) is 12.3. The van der Waals surface area contributed by atoms with Crippen molar-refractivity contribution in [1.29, 1.82) is 0 Å². The molecule has 0 aromatic carbocycles. The standard InChI is InChI=1S/C10H19NO3Si2/c1-16(2,3)14-8-7(5-4-6-15)9(12)11-10(8)13/h4-6H2,1-3,15H3,(H,11,12,13). The largest absolute Gasteiger partial charge is 0.540 e. The zero-order valence-corrected chi connectivity index (χ0v) is 13.3. The molecule has 0 saturated heterocycles. The van der Waals surface area contributed by atoms with Crippen molar-refractivity contribution < 1.29 is 14.0 Å². The van der Waals surface area contributed by atoms with Crippen LogP contribution in [0.4, 0.5) is 0 Å². The summed E-state index contributed by atoms with van der Waals surface area (Å²) in [5, 5.41) is 2.31. The average Bonchev–Trinajstić information content (AvgIpc) is 2.37. The van der Waals surface area contributed by atoms with Gasteiger partial charge in [0, 0.05) is 10.2 Å². The summed E-state index contributed by atoms with van der Waals surface area (Å²) in [4.78, 5) is 23.1. The second-order valence-electron chi connectivity index (χ2n) is 4.91. The van der Waals surface area contributed by atoms with Gasteiger partial charge in [-0.1, -0.05) is 12.5 Å². The predicted molar refractivity (Wildman–Crippen MR) is 68.6 cm³/mol. The van der Waals surface area contributed by atoms with Gasteiger partial charge in [-0.3, -0.25) is 14.9 Å². The summed E-state index contributed by atoms with van der Waals surface area (Å²) in [6.07, 6.45) is 1.61. The third-order valence-corrected chi connectivity index (χ3v) is 3.69. The second kappa shape index (κ2) is 4.96. The highest BCUT2D eigenvalue weighted by Gasteiger charge is 2.34. The molecule has 2 amide bonds. The van der Waals surface area contributed by atoms with Crippen molar-refractivity contribution in [2.75, 3.05) is 0 Å². The van der Waals surface area contributed by atoms with E-state index in [9.17, 15) is 9.59 Å². The van der Waals surface area contributed by atoms with Crippen LogP contribution in [-0.2, 0) is 14.0 Å². The molecule has 0 aromatic heterocycles. The van der Waals surface area contributed by atoms with Crippen LogP contribution >= 0.6 is 0 Å². The van der Waals surface area contributed by atoms with Gasteiger partial charge in [0.25, 0.3) is 11.8 Å². The Morgan fingerprint density at radius 1 is 1.25 bits per heavy atom. The van der Waals surface area contributed by atoms with Gasteiger partial charge in [0.05, 0.1) is 5.57 Å². The molecule has 0 radical (unpaired) electrons. The van der Waals surface area contributed by atoms with Crippen LogP contribution in [0.3, 0.4) is 0 Å². The Hall–Kier alpha value is -0.886. The molecule has 0 unspecified atom stereocenters. The molecule has 0 aromatic rings. The lowest BCUT2D eigenvalue weighted by atomic mass is 10.1. The van der Waals surface area contributed by atoms with E-state index in [0.717, 1.165) is 22.7 Å². The van der Waals surface area contributed by atoms with Crippen LogP contribution in [0.5, 0.6) is 0 Å². The van der Waals surface area contributed by atoms with Crippen molar-refractivity contribution in [3.05, 3.63) is 11.3 Å². The van der Waals surface area contributed by atoms with Crippen LogP contribution < -0.4 is 5.32 Å². The molecule has 0 bridgehead atoms. The highest BCUT2D eigenvalue weighted by atomic mass is 28.4. The van der Waals surface area contributed by atoms with Gasteiger partial charge < -0.3 is 4.43 Å². The first kappa shape index (κ1) is 13.2. The first-order chi connectivity index (χ1) is 7.35. The zero-order valence-electron chi connectivity index (χ0n) is 10.3. The summed E-state index contributed by atoms with van der Waals surface area (Å²) in [6, 6.07) is 1.13. The van der Waals surface area contributed by atoms with Gasteiger partial charge in [-0.25, -0.2) is 0 Å². The summed E-state index contributed by atoms with van der Waals surface area (Å²) in [7, 11) is -0.714. The summed E-state index contributed by atoms with van der Waals surface area (Å²) < 4.78 is 5.69. The lowest BCUT2D eigenvalue weighted by Gasteiger charge is -2.19. The highest BCUT2D eigenvalue weighted by Crippen LogP contribution is 2.22. The van der Waals surface area contributed by atoms with Crippen LogP contribution in [0.1, 0.15) is 12.8 Å². The molecule has 6 heteroatoms. The van der Waals surface area contributed by atoms with Crippen LogP contribution in [-0.4, -0.2) is 30.4 Å². The molecule has 16 heavy (non-hydrogen) atoms. The summed E-state index contributed by atoms with van der Waals surface area (Å²) in [5.74, 6) is -0.358. The number of hydrogen-bond acceptors (Lipinski definition) is 3. The summed E-state index contributed by atoms with van der Waals surface area (Å²) in [6.45, 7) is 6.00. The maximum absolute atomic E-state index is 11.6. The molecule has 0 atom stereocenters. The van der Waals surface area contributed by atoms with E-state index in [-0.39, 0.29) is 17.6 Å². The molecule has 1 aliphatic rings. The van der Waals surface area contributed by atoms with E-state index in [2.05, 4.69) is 5.32 Å². The Balaban J connectivity index is 2.90. The quantitative estimate of drug-likeness (QED) is 0.570. The molecular formula is C10H19NO3Si2. The van der Waals surface area contributed by atoms with Crippen LogP contribution in [0.2, 0.25) is 25.7 Å². The van der Waals surface area contributed by atoms with Gasteiger partial charge in [0.15, 0.2) is 5.76 Å². The predicted octanol–water partition coefficient (Wildman–Crippen LogP) is 0.312. The molecule has 1 aliphatic heterocycles. The van der Waals surface area contributed by atoms with E-state index in [1.54, 1.807) is 0 Å². The Labute approximate surface area is 100.0 Å². The third kappa shape index (κ3) is 3.31. The lowest BCUT2D eigenvalue weighted by molar-refractivity contribution is -0.125. The number of rotatable bonds is 5. The fraction of sp³-hybridized carbons (Fsp3) is 0.600. The van der Waals surface area contributed by atoms with E-state index in [1.165, 1.54) is 0 Å². The Morgan fingerprint density at radius 3 is 2.38 bits per heavy atom. The van der Waals surface area contributed by atoms with E-state index in [0.29, 0.717) is 12.0 Å². The van der Waals surface area contributed by atoms with E-state index < -0.39 is 8.32 Å². The Bertz CT molecular complexity index is 344. The minimum Gasteiger partial charge on any atom is -0.540 e. The first-order valence-corrected chi connectivity index (χ1v) is 10.4. The fourth-order valence-corrected chi connectivity index (χ4v) is 2.65. The van der Waals surface area contributed by atoms with Crippen molar-refractivity contribution in [3.8, 4) is 0 Å². The van der Waals surface area contributed by atoms with Crippen molar-refractivity contribution in [1.82, 2.24) is 5.32 Å². The highest BCUT2D eigenvalue weighted by molar-refractivity contribution is 6.70. The van der Waals surface area contributed by atoms with Crippen molar-refractivity contribution in [3.63, 3.8) is 0 Å². The SMILES string of the molecule is C[Si](C)(C)OC1=C(CCC[SiH3])C(=O)NC1=O. The van der Waals surface area contributed by atoms with Gasteiger partial charge in [-0.2, -0.15) is 0 Å². The van der Waals surface area contributed by atoms with Gasteiger partial charge in [0.2, 0.25) is 8.32 Å². The van der Waals surface area contributed by atoms with E-state index in [4.69, 9.17) is 4.43 Å². The molecule has 0 fully saturated rings. The Kier molecular flexibility index (Phi) is 4.09. The molecular weight excluding hydrogens is 238 g/mol. The number of nitrogens with one attached hydrogen (secondary N) is 1. The third-order valence-electron chi connectivity index (χ3n) is 2.17. The fourth-order valence-electron chi connectivity index (χ4n) is 1.47. The van der Waals surface area contributed by atoms with Gasteiger partial charge in [-0.05, 0) is 26.1 Å². The van der Waals surface area contributed by atoms with E-state index in [1.807, 2.05) is 19.6 Å². The van der Waals surface area contributed by atoms with Crippen molar-refractivity contribution in [2.45, 2.75) is 38.5 Å². The number of hydrogen-bond donors (Lipinski definition) is 1. The lowest BCUT2D eigenvalue weighted by Crippen LogP contribution is -2.29. The van der Waals surface area contributed by atoms with Crippen molar-refractivity contribution in [2.24, 2.45) is 0 Å². The molecule has 0 spiro atoms. The number of imide groups is 1. The number of carbonyl (C=O) groups excluding carboxylic acids is 2. The van der Waals surface area contributed by atoms with Gasteiger partial charge in [0.1, 0.15) is 0 Å². The topological polar surface area (TPSA) is 55.4 Å². The minimum atomic E-state index is -1.84. The molecule has 0 aliphatic carbocycles. The molecule has 1 heterocycles. The number of carbonyl (C=O) groups is 2. The van der Waals surface area contributed by atoms with Gasteiger partial charge in [-0.15, -0.1) is 0 Å². The maximum Gasteiger partial charge on any atom is 0.292 e. The normalized spacial score (nSPS) is 16.9. The van der Waals surface area contributed by atoms with E-state index >= 15 is 0 Å². The average molecular weight is 257 g/mol. The van der Waals surface area contributed by atoms with Crippen LogP contribution in [0, 0.1) is 0 Å². The molecule has 1 rings (SSSR count). The first-order valence-electron chi connectivity index (χ1n) is 5.63. The Morgan fingerprint density at radius 2 is 1.88 bits per heavy atom. The summed E-state index contributed by atoms with van der Waals surface area (Å²) >= 11 is 0. The smallest absolute Gasteiger partial charge is 0.292 e. The van der Waals surface area contributed by atoms with Gasteiger partial charge >= 0.3 is 0 Å². The second-order valence-corrected chi connectivity index (χ2v) is 10.3. The number of amides is 2. The monoisotopic (exact) mass is 257 g/mol. The maximum atomic E-state index is 11.6. The van der Waals surface area contributed by atoms with Crippen molar-refractivity contribution >= 4 is 30.4 Å². The molecule has 1 N–H and O–H groups in total. The molecule has 0 saturated carbocycles. The minimum absolute atomic E-state index is 0.270. The molecule has 4 nitrogen and oxygen atoms in total. The van der Waals surface area contributed by atoms with Crippen LogP contribution in [0.25, 0.3) is 0 Å². The van der Waals surface area contributed by atoms with Crippen LogP contribution in [0.15, 0.2) is 11.3 Å². The summed E-state index contributed by atoms with van der Waals surface area (Å²) in [5.41, 5.74) is 0.545.